The van der Waals surface area contributed by atoms with Gasteiger partial charge in [0.25, 0.3) is 0 Å². The average Bonchev–Trinajstić information content (AvgIpc) is 2.49. The number of rotatable bonds is 4. The number of aliphatic hydroxyl groups is 1. The fourth-order valence-electron chi connectivity index (χ4n) is 2.45. The highest BCUT2D eigenvalue weighted by atomic mass is 79.9. The highest BCUT2D eigenvalue weighted by Gasteiger charge is 2.22. The van der Waals surface area contributed by atoms with Crippen LogP contribution in [0.4, 0.5) is 0 Å². The van der Waals surface area contributed by atoms with Gasteiger partial charge < -0.3 is 14.7 Å². The predicted octanol–water partition coefficient (Wildman–Crippen LogP) is 2.23. The molecule has 1 aliphatic rings. The second-order valence-corrected chi connectivity index (χ2v) is 6.00. The van der Waals surface area contributed by atoms with E-state index in [0.29, 0.717) is 12.3 Å². The standard InChI is InChI=1S/C15H20BrNO3/c1-20-13-2-3-14(16)12(8-13)9-15(19)17-6-4-11(10-18)5-7-17/h2-3,8,11,18H,4-7,9-10H2,1H3. The van der Waals surface area contributed by atoms with Crippen LogP contribution in [0.1, 0.15) is 18.4 Å². The molecule has 1 fully saturated rings. The van der Waals surface area contributed by atoms with Gasteiger partial charge in [-0.1, -0.05) is 15.9 Å². The Kier molecular flexibility index (Phi) is 5.43. The van der Waals surface area contributed by atoms with E-state index in [9.17, 15) is 4.79 Å². The van der Waals surface area contributed by atoms with E-state index in [1.165, 1.54) is 0 Å². The summed E-state index contributed by atoms with van der Waals surface area (Å²) < 4.78 is 6.12. The number of carbonyl (C=O) groups excluding carboxylic acids is 1. The molecule has 20 heavy (non-hydrogen) atoms. The fraction of sp³-hybridized carbons (Fsp3) is 0.533. The third-order valence-electron chi connectivity index (χ3n) is 3.82. The Morgan fingerprint density at radius 3 is 2.75 bits per heavy atom. The zero-order valence-corrected chi connectivity index (χ0v) is 13.2. The van der Waals surface area contributed by atoms with Crippen LogP contribution in [0, 0.1) is 5.92 Å². The molecular formula is C15H20BrNO3. The van der Waals surface area contributed by atoms with Gasteiger partial charge in [0.2, 0.25) is 5.91 Å². The molecule has 0 spiro atoms. The highest BCUT2D eigenvalue weighted by Crippen LogP contribution is 2.24. The molecule has 1 aromatic rings. The van der Waals surface area contributed by atoms with Gasteiger partial charge in [-0.2, -0.15) is 0 Å². The molecular weight excluding hydrogens is 322 g/mol. The van der Waals surface area contributed by atoms with Crippen molar-refractivity contribution in [2.24, 2.45) is 5.92 Å². The van der Waals surface area contributed by atoms with E-state index in [-0.39, 0.29) is 12.5 Å². The number of halogens is 1. The van der Waals surface area contributed by atoms with E-state index in [2.05, 4.69) is 15.9 Å². The number of benzene rings is 1. The first-order valence-electron chi connectivity index (χ1n) is 6.85. The lowest BCUT2D eigenvalue weighted by molar-refractivity contribution is -0.132. The van der Waals surface area contributed by atoms with E-state index in [4.69, 9.17) is 9.84 Å². The first-order chi connectivity index (χ1) is 9.63. The first kappa shape index (κ1) is 15.3. The van der Waals surface area contributed by atoms with Gasteiger partial charge in [0.05, 0.1) is 13.5 Å². The van der Waals surface area contributed by atoms with Crippen molar-refractivity contribution in [1.29, 1.82) is 0 Å². The number of amides is 1. The second-order valence-electron chi connectivity index (χ2n) is 5.14. The SMILES string of the molecule is COc1ccc(Br)c(CC(=O)N2CCC(CO)CC2)c1. The molecule has 4 nitrogen and oxygen atoms in total. The summed E-state index contributed by atoms with van der Waals surface area (Å²) in [7, 11) is 1.62. The van der Waals surface area contributed by atoms with Crippen LogP contribution in [-0.2, 0) is 11.2 Å². The van der Waals surface area contributed by atoms with Crippen LogP contribution in [0.25, 0.3) is 0 Å². The quantitative estimate of drug-likeness (QED) is 0.913. The molecule has 0 bridgehead atoms. The molecule has 0 atom stereocenters. The molecule has 0 aliphatic carbocycles. The van der Waals surface area contributed by atoms with Crippen LogP contribution in [0.15, 0.2) is 22.7 Å². The smallest absolute Gasteiger partial charge is 0.227 e. The zero-order chi connectivity index (χ0) is 14.5. The molecule has 2 rings (SSSR count). The maximum absolute atomic E-state index is 12.3. The summed E-state index contributed by atoms with van der Waals surface area (Å²) in [4.78, 5) is 14.2. The molecule has 1 saturated heterocycles. The minimum atomic E-state index is 0.135. The molecule has 1 aliphatic heterocycles. The Bertz CT molecular complexity index is 470. The lowest BCUT2D eigenvalue weighted by atomic mass is 9.97. The van der Waals surface area contributed by atoms with Crippen LogP contribution < -0.4 is 4.74 Å². The molecule has 1 aromatic carbocycles. The van der Waals surface area contributed by atoms with E-state index >= 15 is 0 Å². The number of hydrogen-bond acceptors (Lipinski definition) is 3. The van der Waals surface area contributed by atoms with Gasteiger partial charge in [-0.05, 0) is 42.5 Å². The van der Waals surface area contributed by atoms with E-state index in [0.717, 1.165) is 41.7 Å². The van der Waals surface area contributed by atoms with Crippen molar-refractivity contribution >= 4 is 21.8 Å². The largest absolute Gasteiger partial charge is 0.497 e. The van der Waals surface area contributed by atoms with E-state index in [1.54, 1.807) is 7.11 Å². The molecule has 0 radical (unpaired) electrons. The van der Waals surface area contributed by atoms with Crippen LogP contribution >= 0.6 is 15.9 Å². The van der Waals surface area contributed by atoms with Crippen molar-refractivity contribution in [3.05, 3.63) is 28.2 Å². The number of ether oxygens (including phenoxy) is 1. The summed E-state index contributed by atoms with van der Waals surface area (Å²) in [5, 5.41) is 9.12. The fourth-order valence-corrected chi connectivity index (χ4v) is 2.84. The molecule has 0 aromatic heterocycles. The Hall–Kier alpha value is -1.07. The third-order valence-corrected chi connectivity index (χ3v) is 4.59. The predicted molar refractivity (Wildman–Crippen MR) is 80.8 cm³/mol. The van der Waals surface area contributed by atoms with Crippen molar-refractivity contribution in [1.82, 2.24) is 4.90 Å². The minimum absolute atomic E-state index is 0.135. The van der Waals surface area contributed by atoms with E-state index in [1.807, 2.05) is 23.1 Å². The first-order valence-corrected chi connectivity index (χ1v) is 7.64. The van der Waals surface area contributed by atoms with Crippen molar-refractivity contribution < 1.29 is 14.6 Å². The van der Waals surface area contributed by atoms with Gasteiger partial charge in [-0.25, -0.2) is 0 Å². The topological polar surface area (TPSA) is 49.8 Å². The summed E-state index contributed by atoms with van der Waals surface area (Å²) in [6.45, 7) is 1.71. The van der Waals surface area contributed by atoms with Gasteiger partial charge in [-0.3, -0.25) is 4.79 Å². The minimum Gasteiger partial charge on any atom is -0.497 e. The van der Waals surface area contributed by atoms with Crippen molar-refractivity contribution in [2.75, 3.05) is 26.8 Å². The van der Waals surface area contributed by atoms with Gasteiger partial charge in [0.15, 0.2) is 0 Å². The number of nitrogens with zero attached hydrogens (tertiary/aromatic N) is 1. The van der Waals surface area contributed by atoms with Gasteiger partial charge in [-0.15, -0.1) is 0 Å². The number of aliphatic hydroxyl groups excluding tert-OH is 1. The van der Waals surface area contributed by atoms with Crippen LogP contribution in [0.5, 0.6) is 5.75 Å². The molecule has 0 saturated carbocycles. The third kappa shape index (κ3) is 3.73. The van der Waals surface area contributed by atoms with E-state index < -0.39 is 0 Å². The summed E-state index contributed by atoms with van der Waals surface area (Å²) in [5.41, 5.74) is 0.943. The van der Waals surface area contributed by atoms with Crippen molar-refractivity contribution in [3.8, 4) is 5.75 Å². The van der Waals surface area contributed by atoms with Crippen molar-refractivity contribution in [2.45, 2.75) is 19.3 Å². The Morgan fingerprint density at radius 2 is 2.15 bits per heavy atom. The Balaban J connectivity index is 1.98. The number of likely N-dealkylation sites (tertiary alicyclic amines) is 1. The van der Waals surface area contributed by atoms with Gasteiger partial charge >= 0.3 is 0 Å². The molecule has 1 heterocycles. The monoisotopic (exact) mass is 341 g/mol. The molecule has 1 amide bonds. The summed E-state index contributed by atoms with van der Waals surface area (Å²) >= 11 is 3.47. The zero-order valence-electron chi connectivity index (χ0n) is 11.6. The normalized spacial score (nSPS) is 16.2. The number of methoxy groups -OCH3 is 1. The summed E-state index contributed by atoms with van der Waals surface area (Å²) in [6.07, 6.45) is 2.16. The molecule has 1 N–H and O–H groups in total. The highest BCUT2D eigenvalue weighted by molar-refractivity contribution is 9.10. The second kappa shape index (κ2) is 7.09. The average molecular weight is 342 g/mol. The lowest BCUT2D eigenvalue weighted by Gasteiger charge is -2.31. The van der Waals surface area contributed by atoms with Gasteiger partial charge in [0.1, 0.15) is 5.75 Å². The molecule has 110 valence electrons. The van der Waals surface area contributed by atoms with Crippen LogP contribution in [0.2, 0.25) is 0 Å². The maximum Gasteiger partial charge on any atom is 0.227 e. The number of carbonyl (C=O) groups is 1. The van der Waals surface area contributed by atoms with Gasteiger partial charge in [0, 0.05) is 24.2 Å². The molecule has 0 unspecified atom stereocenters. The Morgan fingerprint density at radius 1 is 1.45 bits per heavy atom. The lowest BCUT2D eigenvalue weighted by Crippen LogP contribution is -2.40. The Labute approximate surface area is 127 Å². The van der Waals surface area contributed by atoms with Crippen LogP contribution in [0.3, 0.4) is 0 Å². The molecule has 5 heteroatoms. The van der Waals surface area contributed by atoms with Crippen LogP contribution in [-0.4, -0.2) is 42.7 Å². The van der Waals surface area contributed by atoms with Crippen molar-refractivity contribution in [3.63, 3.8) is 0 Å². The maximum atomic E-state index is 12.3. The summed E-state index contributed by atoms with van der Waals surface area (Å²) in [5.74, 6) is 1.24. The number of piperidine rings is 1. The summed E-state index contributed by atoms with van der Waals surface area (Å²) in [6, 6.07) is 5.66. The number of hydrogen-bond donors (Lipinski definition) is 1.